The summed E-state index contributed by atoms with van der Waals surface area (Å²) in [6, 6.07) is 8.16. The molecule has 1 unspecified atom stereocenters. The molecule has 0 aliphatic carbocycles. The number of hydrogen-bond donors (Lipinski definition) is 1. The zero-order valence-electron chi connectivity index (χ0n) is 9.84. The van der Waals surface area contributed by atoms with Crippen molar-refractivity contribution in [2.24, 2.45) is 5.73 Å². The van der Waals surface area contributed by atoms with E-state index in [0.29, 0.717) is 15.1 Å². The summed E-state index contributed by atoms with van der Waals surface area (Å²) in [6.07, 6.45) is 0.288. The van der Waals surface area contributed by atoms with Crippen molar-refractivity contribution < 1.29 is 8.78 Å². The van der Waals surface area contributed by atoms with Crippen molar-refractivity contribution in [2.45, 2.75) is 12.5 Å². The number of rotatable bonds is 3. The Morgan fingerprint density at radius 3 is 2.58 bits per heavy atom. The Labute approximate surface area is 123 Å². The van der Waals surface area contributed by atoms with Gasteiger partial charge in [-0.15, -0.1) is 0 Å². The molecule has 0 heterocycles. The molecule has 0 aliphatic heterocycles. The van der Waals surface area contributed by atoms with Gasteiger partial charge in [0.1, 0.15) is 11.6 Å². The molecule has 0 aliphatic rings. The lowest BCUT2D eigenvalue weighted by Crippen LogP contribution is -2.15. The van der Waals surface area contributed by atoms with Crippen LogP contribution >= 0.6 is 27.5 Å². The third kappa shape index (κ3) is 3.53. The predicted molar refractivity (Wildman–Crippen MR) is 76.1 cm³/mol. The topological polar surface area (TPSA) is 26.0 Å². The fraction of sp³-hybridized carbons (Fsp3) is 0.143. The van der Waals surface area contributed by atoms with Crippen LogP contribution in [0.15, 0.2) is 40.9 Å². The highest BCUT2D eigenvalue weighted by molar-refractivity contribution is 9.10. The van der Waals surface area contributed by atoms with E-state index >= 15 is 0 Å². The monoisotopic (exact) mass is 345 g/mol. The van der Waals surface area contributed by atoms with Gasteiger partial charge in [-0.1, -0.05) is 33.6 Å². The van der Waals surface area contributed by atoms with Crippen LogP contribution in [0.1, 0.15) is 17.2 Å². The van der Waals surface area contributed by atoms with Crippen molar-refractivity contribution >= 4 is 27.5 Å². The highest BCUT2D eigenvalue weighted by Gasteiger charge is 2.14. The zero-order valence-corrected chi connectivity index (χ0v) is 12.2. The molecule has 0 fully saturated rings. The van der Waals surface area contributed by atoms with Gasteiger partial charge in [0.05, 0.1) is 0 Å². The maximum atomic E-state index is 13.6. The van der Waals surface area contributed by atoms with Gasteiger partial charge >= 0.3 is 0 Å². The van der Waals surface area contributed by atoms with Crippen LogP contribution in [0, 0.1) is 11.6 Å². The highest BCUT2D eigenvalue weighted by atomic mass is 79.9. The minimum Gasteiger partial charge on any atom is -0.324 e. The summed E-state index contributed by atoms with van der Waals surface area (Å²) in [5, 5.41) is 0.460. The molecule has 0 aromatic heterocycles. The lowest BCUT2D eigenvalue weighted by atomic mass is 9.99. The molecule has 2 N–H and O–H groups in total. The van der Waals surface area contributed by atoms with Gasteiger partial charge in [0.15, 0.2) is 0 Å². The van der Waals surface area contributed by atoms with Crippen molar-refractivity contribution in [1.29, 1.82) is 0 Å². The van der Waals surface area contributed by atoms with Crippen LogP contribution in [0.5, 0.6) is 0 Å². The largest absolute Gasteiger partial charge is 0.324 e. The number of benzene rings is 2. The fourth-order valence-corrected chi connectivity index (χ4v) is 2.69. The Balaban J connectivity index is 2.25. The van der Waals surface area contributed by atoms with Crippen LogP contribution in [0.25, 0.3) is 0 Å². The average Bonchev–Trinajstić information content (AvgIpc) is 2.33. The van der Waals surface area contributed by atoms with Crippen LogP contribution in [-0.2, 0) is 6.42 Å². The third-order valence-electron chi connectivity index (χ3n) is 2.81. The summed E-state index contributed by atoms with van der Waals surface area (Å²) in [5.41, 5.74) is 7.20. The first-order chi connectivity index (χ1) is 8.97. The second-order valence-corrected chi connectivity index (χ2v) is 5.50. The van der Waals surface area contributed by atoms with E-state index in [9.17, 15) is 8.78 Å². The van der Waals surface area contributed by atoms with Crippen LogP contribution in [0.2, 0.25) is 5.02 Å². The molecular formula is C14H11BrClF2N. The summed E-state index contributed by atoms with van der Waals surface area (Å²) in [5.74, 6) is -0.699. The second kappa shape index (κ2) is 5.99. The molecular weight excluding hydrogens is 336 g/mol. The Hall–Kier alpha value is -0.970. The molecule has 100 valence electrons. The molecule has 5 heteroatoms. The van der Waals surface area contributed by atoms with Crippen LogP contribution in [-0.4, -0.2) is 0 Å². The molecule has 2 aromatic carbocycles. The molecule has 0 spiro atoms. The van der Waals surface area contributed by atoms with Crippen molar-refractivity contribution in [3.05, 3.63) is 68.7 Å². The first kappa shape index (κ1) is 14.4. The Bertz CT molecular complexity index is 604. The van der Waals surface area contributed by atoms with Crippen molar-refractivity contribution in [3.8, 4) is 0 Å². The summed E-state index contributed by atoms with van der Waals surface area (Å²) < 4.78 is 27.2. The smallest absolute Gasteiger partial charge is 0.126 e. The van der Waals surface area contributed by atoms with Crippen molar-refractivity contribution in [2.75, 3.05) is 0 Å². The molecule has 0 radical (unpaired) electrons. The molecule has 0 saturated carbocycles. The van der Waals surface area contributed by atoms with E-state index in [-0.39, 0.29) is 18.1 Å². The molecule has 2 rings (SSSR count). The maximum Gasteiger partial charge on any atom is 0.126 e. The Kier molecular flexibility index (Phi) is 4.55. The van der Waals surface area contributed by atoms with E-state index in [0.717, 1.165) is 5.56 Å². The van der Waals surface area contributed by atoms with Crippen LogP contribution in [0.3, 0.4) is 0 Å². The first-order valence-electron chi connectivity index (χ1n) is 5.62. The zero-order chi connectivity index (χ0) is 14.0. The van der Waals surface area contributed by atoms with E-state index in [2.05, 4.69) is 15.9 Å². The van der Waals surface area contributed by atoms with E-state index in [4.69, 9.17) is 17.3 Å². The minimum atomic E-state index is -0.442. The maximum absolute atomic E-state index is 13.6. The predicted octanol–water partition coefficient (Wildman–Crippen LogP) is 4.62. The highest BCUT2D eigenvalue weighted by Crippen LogP contribution is 2.27. The number of nitrogens with two attached hydrogens (primary N) is 1. The molecule has 2 aromatic rings. The van der Waals surface area contributed by atoms with Gasteiger partial charge in [0, 0.05) is 15.5 Å². The van der Waals surface area contributed by atoms with Gasteiger partial charge in [-0.3, -0.25) is 0 Å². The molecule has 0 amide bonds. The number of hydrogen-bond acceptors (Lipinski definition) is 1. The summed E-state index contributed by atoms with van der Waals surface area (Å²) >= 11 is 9.09. The molecule has 1 nitrogen and oxygen atoms in total. The first-order valence-corrected chi connectivity index (χ1v) is 6.79. The summed E-state index contributed by atoms with van der Waals surface area (Å²) in [4.78, 5) is 0. The Morgan fingerprint density at radius 2 is 1.89 bits per heavy atom. The minimum absolute atomic E-state index is 0.288. The SMILES string of the molecule is NC(Cc1cc(Cl)ccc1F)c1ccc(F)cc1Br. The third-order valence-corrected chi connectivity index (χ3v) is 3.73. The van der Waals surface area contributed by atoms with Gasteiger partial charge in [-0.2, -0.15) is 0 Å². The van der Waals surface area contributed by atoms with Gasteiger partial charge < -0.3 is 5.73 Å². The van der Waals surface area contributed by atoms with Crippen LogP contribution in [0.4, 0.5) is 8.78 Å². The average molecular weight is 347 g/mol. The van der Waals surface area contributed by atoms with E-state index < -0.39 is 6.04 Å². The Morgan fingerprint density at radius 1 is 1.16 bits per heavy atom. The lowest BCUT2D eigenvalue weighted by molar-refractivity contribution is 0.591. The summed E-state index contributed by atoms with van der Waals surface area (Å²) in [6.45, 7) is 0. The molecule has 1 atom stereocenters. The fourth-order valence-electron chi connectivity index (χ4n) is 1.85. The van der Waals surface area contributed by atoms with E-state index in [1.165, 1.54) is 24.3 Å². The van der Waals surface area contributed by atoms with E-state index in [1.54, 1.807) is 12.1 Å². The van der Waals surface area contributed by atoms with Crippen molar-refractivity contribution in [1.82, 2.24) is 0 Å². The standard InChI is InChI=1S/C14H11BrClF2N/c15-12-7-10(17)2-3-11(12)14(19)6-8-5-9(16)1-4-13(8)18/h1-5,7,14H,6,19H2. The van der Waals surface area contributed by atoms with Gasteiger partial charge in [-0.25, -0.2) is 8.78 Å². The van der Waals surface area contributed by atoms with Gasteiger partial charge in [0.2, 0.25) is 0 Å². The van der Waals surface area contributed by atoms with E-state index in [1.807, 2.05) is 0 Å². The normalized spacial score (nSPS) is 12.5. The number of halogens is 4. The van der Waals surface area contributed by atoms with Gasteiger partial charge in [0.25, 0.3) is 0 Å². The molecule has 0 saturated heterocycles. The van der Waals surface area contributed by atoms with Crippen molar-refractivity contribution in [3.63, 3.8) is 0 Å². The molecule has 19 heavy (non-hydrogen) atoms. The van der Waals surface area contributed by atoms with Crippen LogP contribution < -0.4 is 5.73 Å². The second-order valence-electron chi connectivity index (χ2n) is 4.21. The lowest BCUT2D eigenvalue weighted by Gasteiger charge is -2.14. The summed E-state index contributed by atoms with van der Waals surface area (Å²) in [7, 11) is 0. The van der Waals surface area contributed by atoms with Gasteiger partial charge in [-0.05, 0) is 47.9 Å². The molecule has 0 bridgehead atoms. The quantitative estimate of drug-likeness (QED) is 0.862.